The maximum absolute atomic E-state index is 12.5. The van der Waals surface area contributed by atoms with Gasteiger partial charge in [-0.15, -0.1) is 0 Å². The number of nitrogens with one attached hydrogen (secondary N) is 1. The van der Waals surface area contributed by atoms with Crippen LogP contribution in [0.5, 0.6) is 5.75 Å². The highest BCUT2D eigenvalue weighted by Gasteiger charge is 2.15. The summed E-state index contributed by atoms with van der Waals surface area (Å²) in [5.41, 5.74) is 6.12. The number of carbonyl (C=O) groups is 1. The lowest BCUT2D eigenvalue weighted by Gasteiger charge is -2.09. The number of hydrogen-bond acceptors (Lipinski definition) is 4. The number of phenols is 1. The van der Waals surface area contributed by atoms with Crippen molar-refractivity contribution in [3.8, 4) is 17.2 Å². The molecule has 5 nitrogen and oxygen atoms in total. The van der Waals surface area contributed by atoms with Crippen LogP contribution in [0.3, 0.4) is 0 Å². The molecule has 0 aliphatic carbocycles. The fourth-order valence-corrected chi connectivity index (χ4v) is 3.11. The van der Waals surface area contributed by atoms with E-state index in [0.717, 1.165) is 22.2 Å². The quantitative estimate of drug-likeness (QED) is 0.506. The topological polar surface area (TPSA) is 75.4 Å². The number of rotatable bonds is 3. The van der Waals surface area contributed by atoms with Crippen molar-refractivity contribution >= 4 is 22.7 Å². The van der Waals surface area contributed by atoms with Gasteiger partial charge >= 0.3 is 0 Å². The molecule has 4 rings (SSSR count). The summed E-state index contributed by atoms with van der Waals surface area (Å²) >= 11 is 0. The second-order valence-electron chi connectivity index (χ2n) is 6.92. The van der Waals surface area contributed by atoms with E-state index in [0.29, 0.717) is 28.3 Å². The molecule has 1 aromatic heterocycles. The molecule has 2 N–H and O–H groups in total. The summed E-state index contributed by atoms with van der Waals surface area (Å²) in [6.45, 7) is 5.92. The molecule has 3 aromatic carbocycles. The summed E-state index contributed by atoms with van der Waals surface area (Å²) in [5, 5.41) is 13.3. The predicted molar refractivity (Wildman–Crippen MR) is 110 cm³/mol. The SMILES string of the molecule is Cc1cc2nc(-c3ccc(NC(=O)c4ccccc4C)cc3O)oc2cc1C. The largest absolute Gasteiger partial charge is 0.507 e. The number of carbonyl (C=O) groups excluding carboxylic acids is 1. The number of phenolic OH excluding ortho intramolecular Hbond substituents is 1. The smallest absolute Gasteiger partial charge is 0.255 e. The zero-order valence-electron chi connectivity index (χ0n) is 15.9. The van der Waals surface area contributed by atoms with Crippen molar-refractivity contribution in [2.75, 3.05) is 5.32 Å². The third-order valence-electron chi connectivity index (χ3n) is 4.88. The van der Waals surface area contributed by atoms with Crippen molar-refractivity contribution in [3.63, 3.8) is 0 Å². The van der Waals surface area contributed by atoms with Crippen LogP contribution >= 0.6 is 0 Å². The van der Waals surface area contributed by atoms with Crippen LogP contribution in [0.2, 0.25) is 0 Å². The molecule has 0 fully saturated rings. The summed E-state index contributed by atoms with van der Waals surface area (Å²) in [6, 6.07) is 16.2. The van der Waals surface area contributed by atoms with Gasteiger partial charge in [0.1, 0.15) is 11.3 Å². The Morgan fingerprint density at radius 1 is 0.964 bits per heavy atom. The molecule has 1 amide bonds. The van der Waals surface area contributed by atoms with Crippen molar-refractivity contribution in [1.82, 2.24) is 4.98 Å². The van der Waals surface area contributed by atoms with Gasteiger partial charge in [-0.25, -0.2) is 4.98 Å². The summed E-state index contributed by atoms with van der Waals surface area (Å²) in [6.07, 6.45) is 0. The zero-order valence-corrected chi connectivity index (χ0v) is 15.9. The Labute approximate surface area is 162 Å². The van der Waals surface area contributed by atoms with E-state index < -0.39 is 0 Å². The number of oxazole rings is 1. The van der Waals surface area contributed by atoms with Crippen LogP contribution in [0.25, 0.3) is 22.6 Å². The van der Waals surface area contributed by atoms with Crippen LogP contribution < -0.4 is 5.32 Å². The summed E-state index contributed by atoms with van der Waals surface area (Å²) < 4.78 is 5.82. The number of aromatic nitrogens is 1. The highest BCUT2D eigenvalue weighted by atomic mass is 16.3. The third-order valence-corrected chi connectivity index (χ3v) is 4.88. The number of benzene rings is 3. The second-order valence-corrected chi connectivity index (χ2v) is 6.92. The van der Waals surface area contributed by atoms with Crippen molar-refractivity contribution < 1.29 is 14.3 Å². The van der Waals surface area contributed by atoms with Crippen LogP contribution in [0.4, 0.5) is 5.69 Å². The molecule has 28 heavy (non-hydrogen) atoms. The van der Waals surface area contributed by atoms with Crippen LogP contribution in [0.1, 0.15) is 27.0 Å². The Balaban J connectivity index is 1.63. The molecule has 1 heterocycles. The molecule has 0 atom stereocenters. The van der Waals surface area contributed by atoms with Gasteiger partial charge in [-0.05, 0) is 67.8 Å². The number of aryl methyl sites for hydroxylation is 3. The normalized spacial score (nSPS) is 11.0. The summed E-state index contributed by atoms with van der Waals surface area (Å²) in [7, 11) is 0. The number of nitrogens with zero attached hydrogens (tertiary/aromatic N) is 1. The number of fused-ring (bicyclic) bond motifs is 1. The van der Waals surface area contributed by atoms with E-state index in [1.165, 1.54) is 6.07 Å². The van der Waals surface area contributed by atoms with Crippen molar-refractivity contribution in [2.24, 2.45) is 0 Å². The molecule has 0 radical (unpaired) electrons. The molecule has 5 heteroatoms. The Hall–Kier alpha value is -3.60. The van der Waals surface area contributed by atoms with E-state index in [1.54, 1.807) is 18.2 Å². The lowest BCUT2D eigenvalue weighted by atomic mass is 10.1. The van der Waals surface area contributed by atoms with Crippen molar-refractivity contribution in [2.45, 2.75) is 20.8 Å². The lowest BCUT2D eigenvalue weighted by molar-refractivity contribution is 0.102. The van der Waals surface area contributed by atoms with E-state index in [-0.39, 0.29) is 11.7 Å². The maximum Gasteiger partial charge on any atom is 0.255 e. The first-order chi connectivity index (χ1) is 13.4. The van der Waals surface area contributed by atoms with Crippen LogP contribution in [0, 0.1) is 20.8 Å². The van der Waals surface area contributed by atoms with Crippen molar-refractivity contribution in [1.29, 1.82) is 0 Å². The number of anilines is 1. The third kappa shape index (κ3) is 3.22. The van der Waals surface area contributed by atoms with E-state index in [9.17, 15) is 9.90 Å². The molecule has 4 aromatic rings. The first-order valence-corrected chi connectivity index (χ1v) is 9.00. The van der Waals surface area contributed by atoms with Gasteiger partial charge in [-0.2, -0.15) is 0 Å². The summed E-state index contributed by atoms with van der Waals surface area (Å²) in [5.74, 6) is 0.106. The molecule has 0 spiro atoms. The standard InChI is InChI=1S/C23H20N2O3/c1-13-6-4-5-7-17(13)22(27)24-16-8-9-18(20(26)12-16)23-25-19-10-14(2)15(3)11-21(19)28-23/h4-12,26H,1-3H3,(H,24,27). The first-order valence-electron chi connectivity index (χ1n) is 9.00. The Kier molecular flexibility index (Phi) is 4.35. The second kappa shape index (κ2) is 6.85. The lowest BCUT2D eigenvalue weighted by Crippen LogP contribution is -2.13. The van der Waals surface area contributed by atoms with Gasteiger partial charge in [0, 0.05) is 17.3 Å². The average Bonchev–Trinajstić information content (AvgIpc) is 3.04. The molecule has 0 saturated heterocycles. The minimum Gasteiger partial charge on any atom is -0.507 e. The molecular formula is C23H20N2O3. The molecule has 140 valence electrons. The molecule has 0 saturated carbocycles. The Bertz CT molecular complexity index is 1170. The highest BCUT2D eigenvalue weighted by molar-refractivity contribution is 6.05. The average molecular weight is 372 g/mol. The molecule has 0 aliphatic heterocycles. The van der Waals surface area contributed by atoms with Crippen LogP contribution in [0.15, 0.2) is 59.0 Å². The first kappa shape index (κ1) is 17.8. The number of hydrogen-bond donors (Lipinski definition) is 2. The van der Waals surface area contributed by atoms with Gasteiger partial charge in [0.2, 0.25) is 5.89 Å². The van der Waals surface area contributed by atoms with Gasteiger partial charge in [0.15, 0.2) is 5.58 Å². The molecule has 0 unspecified atom stereocenters. The van der Waals surface area contributed by atoms with Gasteiger partial charge in [0.05, 0.1) is 5.56 Å². The Morgan fingerprint density at radius 3 is 2.46 bits per heavy atom. The van der Waals surface area contributed by atoms with E-state index in [4.69, 9.17) is 4.42 Å². The van der Waals surface area contributed by atoms with Crippen molar-refractivity contribution in [3.05, 3.63) is 76.9 Å². The number of amides is 1. The van der Waals surface area contributed by atoms with Crippen LogP contribution in [-0.2, 0) is 0 Å². The van der Waals surface area contributed by atoms with E-state index in [1.807, 2.05) is 51.1 Å². The molecule has 0 bridgehead atoms. The van der Waals surface area contributed by atoms with Gasteiger partial charge in [0.25, 0.3) is 5.91 Å². The minimum absolute atomic E-state index is 0.0115. The van der Waals surface area contributed by atoms with E-state index >= 15 is 0 Å². The zero-order chi connectivity index (χ0) is 19.8. The predicted octanol–water partition coefficient (Wildman–Crippen LogP) is 5.38. The van der Waals surface area contributed by atoms with Gasteiger partial charge < -0.3 is 14.8 Å². The fraction of sp³-hybridized carbons (Fsp3) is 0.130. The number of aromatic hydroxyl groups is 1. The van der Waals surface area contributed by atoms with E-state index in [2.05, 4.69) is 10.3 Å². The Morgan fingerprint density at radius 2 is 1.71 bits per heavy atom. The summed E-state index contributed by atoms with van der Waals surface area (Å²) in [4.78, 5) is 16.9. The van der Waals surface area contributed by atoms with Gasteiger partial charge in [-0.1, -0.05) is 18.2 Å². The minimum atomic E-state index is -0.224. The monoisotopic (exact) mass is 372 g/mol. The van der Waals surface area contributed by atoms with Crippen LogP contribution in [-0.4, -0.2) is 16.0 Å². The fourth-order valence-electron chi connectivity index (χ4n) is 3.11. The van der Waals surface area contributed by atoms with Gasteiger partial charge in [-0.3, -0.25) is 4.79 Å². The molecular weight excluding hydrogens is 352 g/mol. The molecule has 0 aliphatic rings. The maximum atomic E-state index is 12.5. The highest BCUT2D eigenvalue weighted by Crippen LogP contribution is 2.33.